The minimum Gasteiger partial charge on any atom is -0.435 e. The second-order valence-electron chi connectivity index (χ2n) is 4.50. The molecule has 1 aliphatic rings. The van der Waals surface area contributed by atoms with Crippen LogP contribution in [0.15, 0.2) is 36.9 Å². The van der Waals surface area contributed by atoms with Crippen molar-refractivity contribution in [1.82, 2.24) is 4.90 Å². The monoisotopic (exact) mass is 267 g/mol. The van der Waals surface area contributed by atoms with Crippen LogP contribution in [0.2, 0.25) is 0 Å². The van der Waals surface area contributed by atoms with Gasteiger partial charge in [0, 0.05) is 25.4 Å². The summed E-state index contributed by atoms with van der Waals surface area (Å²) in [5, 5.41) is 0. The van der Waals surface area contributed by atoms with Crippen molar-refractivity contribution >= 4 is 5.91 Å². The predicted molar refractivity (Wildman–Crippen MR) is 66.8 cm³/mol. The molecule has 1 aromatic carbocycles. The van der Waals surface area contributed by atoms with Crippen LogP contribution in [0.5, 0.6) is 5.75 Å². The Hall–Kier alpha value is -1.91. The predicted octanol–water partition coefficient (Wildman–Crippen LogP) is 2.82. The smallest absolute Gasteiger partial charge is 0.387 e. The van der Waals surface area contributed by atoms with Gasteiger partial charge in [0.25, 0.3) is 0 Å². The summed E-state index contributed by atoms with van der Waals surface area (Å²) in [6.07, 6.45) is 2.29. The average molecular weight is 267 g/mol. The Morgan fingerprint density at radius 3 is 2.63 bits per heavy atom. The second kappa shape index (κ2) is 5.82. The maximum atomic E-state index is 12.0. The number of halogens is 2. The fourth-order valence-corrected chi connectivity index (χ4v) is 2.11. The van der Waals surface area contributed by atoms with Gasteiger partial charge in [0.05, 0.1) is 0 Å². The van der Waals surface area contributed by atoms with Gasteiger partial charge in [-0.2, -0.15) is 8.78 Å². The minimum atomic E-state index is -2.82. The fraction of sp³-hybridized carbons (Fsp3) is 0.357. The highest BCUT2D eigenvalue weighted by Gasteiger charge is 2.27. The zero-order chi connectivity index (χ0) is 13.8. The fourth-order valence-electron chi connectivity index (χ4n) is 2.11. The third-order valence-corrected chi connectivity index (χ3v) is 3.10. The Bertz CT molecular complexity index is 459. The number of benzene rings is 1. The van der Waals surface area contributed by atoms with Gasteiger partial charge in [-0.25, -0.2) is 0 Å². The van der Waals surface area contributed by atoms with Crippen LogP contribution in [0.1, 0.15) is 12.0 Å². The molecule has 0 saturated carbocycles. The summed E-state index contributed by atoms with van der Waals surface area (Å²) in [4.78, 5) is 13.5. The maximum Gasteiger partial charge on any atom is 0.387 e. The number of carbonyl (C=O) groups is 1. The van der Waals surface area contributed by atoms with Crippen molar-refractivity contribution in [2.24, 2.45) is 5.92 Å². The Balaban J connectivity index is 1.96. The van der Waals surface area contributed by atoms with Crippen LogP contribution in [-0.2, 0) is 11.3 Å². The quantitative estimate of drug-likeness (QED) is 0.768. The van der Waals surface area contributed by atoms with E-state index in [-0.39, 0.29) is 17.6 Å². The van der Waals surface area contributed by atoms with Crippen molar-refractivity contribution in [3.63, 3.8) is 0 Å². The summed E-state index contributed by atoms with van der Waals surface area (Å²) in [6, 6.07) is 6.33. The topological polar surface area (TPSA) is 29.5 Å². The summed E-state index contributed by atoms with van der Waals surface area (Å²) in [5.41, 5.74) is 0.889. The van der Waals surface area contributed by atoms with Crippen LogP contribution >= 0.6 is 0 Å². The van der Waals surface area contributed by atoms with Crippen molar-refractivity contribution in [3.8, 4) is 5.75 Å². The Kier molecular flexibility index (Phi) is 4.14. The highest BCUT2D eigenvalue weighted by Crippen LogP contribution is 2.22. The molecule has 1 saturated heterocycles. The highest BCUT2D eigenvalue weighted by molar-refractivity contribution is 5.79. The van der Waals surface area contributed by atoms with Crippen LogP contribution in [0.3, 0.4) is 0 Å². The number of hydrogen-bond acceptors (Lipinski definition) is 2. The van der Waals surface area contributed by atoms with E-state index in [1.54, 1.807) is 23.1 Å². The Morgan fingerprint density at radius 2 is 2.11 bits per heavy atom. The van der Waals surface area contributed by atoms with Gasteiger partial charge in [-0.3, -0.25) is 4.79 Å². The van der Waals surface area contributed by atoms with Crippen LogP contribution in [0, 0.1) is 5.92 Å². The van der Waals surface area contributed by atoms with E-state index < -0.39 is 6.61 Å². The third kappa shape index (κ3) is 3.53. The molecule has 0 radical (unpaired) electrons. The number of amides is 1. The third-order valence-electron chi connectivity index (χ3n) is 3.10. The van der Waals surface area contributed by atoms with Crippen LogP contribution < -0.4 is 4.74 Å². The second-order valence-corrected chi connectivity index (χ2v) is 4.50. The number of likely N-dealkylation sites (tertiary alicyclic amines) is 1. The van der Waals surface area contributed by atoms with E-state index in [0.717, 1.165) is 5.56 Å². The van der Waals surface area contributed by atoms with Gasteiger partial charge in [0.1, 0.15) is 5.75 Å². The largest absolute Gasteiger partial charge is 0.435 e. The van der Waals surface area contributed by atoms with Gasteiger partial charge in [0.15, 0.2) is 0 Å². The van der Waals surface area contributed by atoms with E-state index in [1.165, 1.54) is 12.1 Å². The zero-order valence-electron chi connectivity index (χ0n) is 10.4. The minimum absolute atomic E-state index is 0.0952. The molecule has 0 N–H and O–H groups in total. The van der Waals surface area contributed by atoms with Crippen LogP contribution in [0.4, 0.5) is 8.78 Å². The molecular formula is C14H15F2NO2. The first kappa shape index (κ1) is 13.5. The summed E-state index contributed by atoms with van der Waals surface area (Å²) < 4.78 is 28.3. The number of nitrogens with zero attached hydrogens (tertiary/aromatic N) is 1. The summed E-state index contributed by atoms with van der Waals surface area (Å²) >= 11 is 0. The molecule has 1 unspecified atom stereocenters. The molecule has 1 aromatic rings. The highest BCUT2D eigenvalue weighted by atomic mass is 19.3. The molecule has 1 amide bonds. The molecule has 0 aromatic heterocycles. The van der Waals surface area contributed by atoms with Crippen molar-refractivity contribution in [2.75, 3.05) is 6.54 Å². The van der Waals surface area contributed by atoms with Gasteiger partial charge in [0.2, 0.25) is 5.91 Å². The van der Waals surface area contributed by atoms with Crippen molar-refractivity contribution < 1.29 is 18.3 Å². The molecule has 1 fully saturated rings. The van der Waals surface area contributed by atoms with Crippen molar-refractivity contribution in [2.45, 2.75) is 19.6 Å². The SMILES string of the molecule is C=CC1CC(=O)N(Cc2ccc(OC(F)F)cc2)C1. The van der Waals surface area contributed by atoms with Crippen LogP contribution in [0.25, 0.3) is 0 Å². The van der Waals surface area contributed by atoms with Crippen molar-refractivity contribution in [1.29, 1.82) is 0 Å². The van der Waals surface area contributed by atoms with Gasteiger partial charge in [-0.1, -0.05) is 18.2 Å². The summed E-state index contributed by atoms with van der Waals surface area (Å²) in [7, 11) is 0. The first-order valence-corrected chi connectivity index (χ1v) is 6.02. The van der Waals surface area contributed by atoms with E-state index >= 15 is 0 Å². The molecule has 1 atom stereocenters. The molecular weight excluding hydrogens is 252 g/mol. The van der Waals surface area contributed by atoms with E-state index in [0.29, 0.717) is 19.5 Å². The van der Waals surface area contributed by atoms with Gasteiger partial charge >= 0.3 is 6.61 Å². The molecule has 0 bridgehead atoms. The van der Waals surface area contributed by atoms with Crippen LogP contribution in [-0.4, -0.2) is 24.0 Å². The average Bonchev–Trinajstić information content (AvgIpc) is 2.72. The van der Waals surface area contributed by atoms with E-state index in [2.05, 4.69) is 11.3 Å². The molecule has 2 rings (SSSR count). The number of alkyl halides is 2. The number of hydrogen-bond donors (Lipinski definition) is 0. The molecule has 1 heterocycles. The first-order valence-electron chi connectivity index (χ1n) is 6.02. The Morgan fingerprint density at radius 1 is 1.42 bits per heavy atom. The van der Waals surface area contributed by atoms with E-state index in [1.807, 2.05) is 0 Å². The van der Waals surface area contributed by atoms with Gasteiger partial charge in [-0.15, -0.1) is 6.58 Å². The molecule has 102 valence electrons. The Labute approximate surface area is 110 Å². The molecule has 0 spiro atoms. The lowest BCUT2D eigenvalue weighted by molar-refractivity contribution is -0.128. The first-order chi connectivity index (χ1) is 9.08. The normalized spacial score (nSPS) is 19.0. The van der Waals surface area contributed by atoms with E-state index in [4.69, 9.17) is 0 Å². The van der Waals surface area contributed by atoms with E-state index in [9.17, 15) is 13.6 Å². The lowest BCUT2D eigenvalue weighted by atomic mass is 10.1. The summed E-state index contributed by atoms with van der Waals surface area (Å²) in [6.45, 7) is 2.02. The molecule has 1 aliphatic heterocycles. The molecule has 19 heavy (non-hydrogen) atoms. The zero-order valence-corrected chi connectivity index (χ0v) is 10.4. The number of carbonyl (C=O) groups excluding carboxylic acids is 1. The number of ether oxygens (including phenoxy) is 1. The maximum absolute atomic E-state index is 12.0. The van der Waals surface area contributed by atoms with Gasteiger partial charge in [-0.05, 0) is 17.7 Å². The lowest BCUT2D eigenvalue weighted by Crippen LogP contribution is -2.24. The van der Waals surface area contributed by atoms with Gasteiger partial charge < -0.3 is 9.64 Å². The molecule has 0 aliphatic carbocycles. The standard InChI is InChI=1S/C14H15F2NO2/c1-2-10-7-13(18)17(8-10)9-11-3-5-12(6-4-11)19-14(15)16/h2-6,10,14H,1,7-9H2. The van der Waals surface area contributed by atoms with Crippen molar-refractivity contribution in [3.05, 3.63) is 42.5 Å². The molecule has 5 heteroatoms. The lowest BCUT2D eigenvalue weighted by Gasteiger charge is -2.16. The summed E-state index contributed by atoms with van der Waals surface area (Å²) in [5.74, 6) is 0.419. The molecule has 3 nitrogen and oxygen atoms in total. The number of rotatable bonds is 5.